The third-order valence-electron chi connectivity index (χ3n) is 5.33. The summed E-state index contributed by atoms with van der Waals surface area (Å²) in [6, 6.07) is 4.65. The molecule has 0 spiro atoms. The van der Waals surface area contributed by atoms with Crippen LogP contribution in [-0.4, -0.2) is 49.2 Å². The Bertz CT molecular complexity index is 784. The van der Waals surface area contributed by atoms with Crippen LogP contribution in [0.25, 0.3) is 0 Å². The second kappa shape index (κ2) is 8.15. The van der Waals surface area contributed by atoms with Gasteiger partial charge in [-0.1, -0.05) is 6.42 Å². The van der Waals surface area contributed by atoms with Crippen molar-refractivity contribution < 1.29 is 19.5 Å². The van der Waals surface area contributed by atoms with E-state index in [0.717, 1.165) is 24.2 Å². The molecule has 9 nitrogen and oxygen atoms in total. The van der Waals surface area contributed by atoms with Gasteiger partial charge >= 0.3 is 5.97 Å². The molecule has 0 radical (unpaired) electrons. The number of aliphatic carboxylic acids is 1. The third-order valence-corrected chi connectivity index (χ3v) is 5.33. The van der Waals surface area contributed by atoms with Gasteiger partial charge < -0.3 is 20.5 Å². The van der Waals surface area contributed by atoms with Crippen molar-refractivity contribution in [1.82, 2.24) is 9.96 Å². The van der Waals surface area contributed by atoms with E-state index < -0.39 is 22.6 Å². The van der Waals surface area contributed by atoms with E-state index in [1.54, 1.807) is 6.07 Å². The molecule has 1 aromatic carbocycles. The maximum atomic E-state index is 13.6. The number of hydrogen-bond acceptors (Lipinski definition) is 6. The number of anilines is 2. The first-order chi connectivity index (χ1) is 13.3. The van der Waals surface area contributed by atoms with E-state index in [2.05, 4.69) is 10.6 Å². The van der Waals surface area contributed by atoms with E-state index >= 15 is 0 Å². The first-order valence-electron chi connectivity index (χ1n) is 9.55. The molecular formula is C19H26N4O5. The van der Waals surface area contributed by atoms with Gasteiger partial charge in [0.1, 0.15) is 5.69 Å². The minimum atomic E-state index is -0.825. The van der Waals surface area contributed by atoms with E-state index in [9.17, 15) is 19.6 Å². The summed E-state index contributed by atoms with van der Waals surface area (Å²) < 4.78 is -0.777. The number of carbonyl (C=O) groups is 3. The number of nitrogens with zero attached hydrogens (tertiary/aromatic N) is 2. The third kappa shape index (κ3) is 4.10. The lowest BCUT2D eigenvalue weighted by atomic mass is 10.0. The van der Waals surface area contributed by atoms with Crippen molar-refractivity contribution in [3.05, 3.63) is 23.4 Å². The normalized spacial score (nSPS) is 24.1. The van der Waals surface area contributed by atoms with Crippen LogP contribution in [-0.2, 0) is 14.4 Å². The number of amides is 2. The van der Waals surface area contributed by atoms with Crippen LogP contribution >= 0.6 is 0 Å². The summed E-state index contributed by atoms with van der Waals surface area (Å²) in [7, 11) is 1.82. The summed E-state index contributed by atoms with van der Waals surface area (Å²) in [6.45, 7) is 0.840. The molecule has 0 aromatic heterocycles. The summed E-state index contributed by atoms with van der Waals surface area (Å²) in [4.78, 5) is 36.0. The molecule has 1 fully saturated rings. The number of quaternary nitrogens is 1. The van der Waals surface area contributed by atoms with Gasteiger partial charge in [-0.25, -0.2) is 0 Å². The van der Waals surface area contributed by atoms with Crippen molar-refractivity contribution in [1.29, 1.82) is 0 Å². The van der Waals surface area contributed by atoms with Crippen LogP contribution in [0.3, 0.4) is 0 Å². The number of benzene rings is 1. The van der Waals surface area contributed by atoms with Gasteiger partial charge in [0.15, 0.2) is 18.4 Å². The number of carboxylic acid groups (broad SMARTS) is 1. The molecule has 152 valence electrons. The minimum absolute atomic E-state index is 0.125. The highest BCUT2D eigenvalue weighted by Gasteiger charge is 2.46. The van der Waals surface area contributed by atoms with Crippen LogP contribution in [0.15, 0.2) is 18.2 Å². The van der Waals surface area contributed by atoms with Gasteiger partial charge in [-0.2, -0.15) is 0 Å². The molecule has 3 N–H and O–H groups in total. The number of unbranched alkanes of at least 4 members (excludes halogenated alkanes) is 2. The average Bonchev–Trinajstić information content (AvgIpc) is 2.88. The standard InChI is InChI=1S/C19H26N4O5/c1-22-12-23(28,16-8-9-17(24)21-19(16)27)15-7-6-13(11-14(15)22)20-10-4-2-3-5-18(25)26/h6-7,11,16,20H,2-5,8-10,12H2,1H3,(H,25,26)(H,21,24,27). The molecule has 0 aliphatic carbocycles. The van der Waals surface area contributed by atoms with Gasteiger partial charge in [-0.3, -0.25) is 24.3 Å². The number of carboxylic acids is 1. The lowest BCUT2D eigenvalue weighted by Gasteiger charge is -2.44. The summed E-state index contributed by atoms with van der Waals surface area (Å²) >= 11 is 0. The van der Waals surface area contributed by atoms with Crippen LogP contribution < -0.4 is 20.2 Å². The van der Waals surface area contributed by atoms with Crippen molar-refractivity contribution in [2.75, 3.05) is 30.5 Å². The van der Waals surface area contributed by atoms with E-state index in [1.165, 1.54) is 0 Å². The highest BCUT2D eigenvalue weighted by atomic mass is 16.6. The molecule has 2 aliphatic rings. The first kappa shape index (κ1) is 20.1. The number of carbonyl (C=O) groups excluding carboxylic acids is 2. The van der Waals surface area contributed by atoms with E-state index in [1.807, 2.05) is 24.1 Å². The molecule has 1 saturated heterocycles. The molecule has 28 heavy (non-hydrogen) atoms. The van der Waals surface area contributed by atoms with Gasteiger partial charge in [0.25, 0.3) is 5.91 Å². The number of hydrogen-bond donors (Lipinski definition) is 3. The van der Waals surface area contributed by atoms with Crippen molar-refractivity contribution in [2.24, 2.45) is 0 Å². The summed E-state index contributed by atoms with van der Waals surface area (Å²) in [6.07, 6.45) is 2.97. The van der Waals surface area contributed by atoms with Crippen molar-refractivity contribution in [2.45, 2.75) is 44.6 Å². The molecule has 0 saturated carbocycles. The quantitative estimate of drug-likeness (QED) is 0.268. The van der Waals surface area contributed by atoms with Crippen molar-refractivity contribution >= 4 is 34.8 Å². The minimum Gasteiger partial charge on any atom is -0.625 e. The zero-order chi connectivity index (χ0) is 20.3. The van der Waals surface area contributed by atoms with Gasteiger partial charge in [0, 0.05) is 44.6 Å². The maximum absolute atomic E-state index is 13.6. The molecule has 2 heterocycles. The first-order valence-corrected chi connectivity index (χ1v) is 9.55. The summed E-state index contributed by atoms with van der Waals surface area (Å²) in [5.41, 5.74) is 2.18. The van der Waals surface area contributed by atoms with E-state index in [-0.39, 0.29) is 31.8 Å². The zero-order valence-corrected chi connectivity index (χ0v) is 15.9. The Balaban J connectivity index is 1.65. The monoisotopic (exact) mass is 390 g/mol. The van der Waals surface area contributed by atoms with Crippen molar-refractivity contribution in [3.63, 3.8) is 0 Å². The zero-order valence-electron chi connectivity index (χ0n) is 15.9. The molecule has 3 rings (SSSR count). The van der Waals surface area contributed by atoms with Crippen LogP contribution in [0.5, 0.6) is 0 Å². The Morgan fingerprint density at radius 3 is 2.86 bits per heavy atom. The smallest absolute Gasteiger partial charge is 0.303 e. The van der Waals surface area contributed by atoms with Crippen LogP contribution in [0.4, 0.5) is 17.1 Å². The number of piperidine rings is 1. The van der Waals surface area contributed by atoms with E-state index in [0.29, 0.717) is 18.7 Å². The number of fused-ring (bicyclic) bond motifs is 1. The summed E-state index contributed by atoms with van der Waals surface area (Å²) in [5.74, 6) is -1.61. The fraction of sp³-hybridized carbons (Fsp3) is 0.526. The van der Waals surface area contributed by atoms with Crippen molar-refractivity contribution in [3.8, 4) is 0 Å². The Labute approximate surface area is 163 Å². The Kier molecular flexibility index (Phi) is 5.85. The SMILES string of the molecule is CN1C[N+]([O-])(C2CCC(=O)NC2=O)c2ccc(NCCCCCC(=O)O)cc21. The molecular weight excluding hydrogens is 364 g/mol. The predicted octanol–water partition coefficient (Wildman–Crippen LogP) is 1.76. The highest BCUT2D eigenvalue weighted by molar-refractivity contribution is 6.01. The Morgan fingerprint density at radius 2 is 2.14 bits per heavy atom. The molecule has 0 bridgehead atoms. The molecule has 2 atom stereocenters. The van der Waals surface area contributed by atoms with Gasteiger partial charge in [-0.05, 0) is 25.0 Å². The van der Waals surface area contributed by atoms with Gasteiger partial charge in [0.05, 0.1) is 0 Å². The fourth-order valence-electron chi connectivity index (χ4n) is 3.88. The second-order valence-corrected chi connectivity index (χ2v) is 7.44. The number of imide groups is 1. The Hall–Kier alpha value is -2.65. The largest absolute Gasteiger partial charge is 0.625 e. The maximum Gasteiger partial charge on any atom is 0.303 e. The molecule has 2 amide bonds. The van der Waals surface area contributed by atoms with Crippen LogP contribution in [0, 0.1) is 5.21 Å². The molecule has 1 aromatic rings. The molecule has 9 heteroatoms. The lowest BCUT2D eigenvalue weighted by molar-refractivity contribution is -0.138. The average molecular weight is 390 g/mol. The Morgan fingerprint density at radius 1 is 1.36 bits per heavy atom. The fourth-order valence-corrected chi connectivity index (χ4v) is 3.88. The highest BCUT2D eigenvalue weighted by Crippen LogP contribution is 2.44. The summed E-state index contributed by atoms with van der Waals surface area (Å²) in [5, 5.41) is 27.8. The van der Waals surface area contributed by atoms with Crippen LogP contribution in [0.2, 0.25) is 0 Å². The van der Waals surface area contributed by atoms with E-state index in [4.69, 9.17) is 5.11 Å². The second-order valence-electron chi connectivity index (χ2n) is 7.44. The molecule has 2 aliphatic heterocycles. The number of hydroxylamine groups is 2. The lowest BCUT2D eigenvalue weighted by Crippen LogP contribution is -2.62. The van der Waals surface area contributed by atoms with Gasteiger partial charge in [-0.15, -0.1) is 0 Å². The van der Waals surface area contributed by atoms with Crippen LogP contribution in [0.1, 0.15) is 38.5 Å². The number of nitrogens with one attached hydrogen (secondary N) is 2. The van der Waals surface area contributed by atoms with Gasteiger partial charge in [0.2, 0.25) is 5.91 Å². The predicted molar refractivity (Wildman–Crippen MR) is 106 cm³/mol. The topological polar surface area (TPSA) is 122 Å². The number of rotatable bonds is 8. The molecule has 2 unspecified atom stereocenters.